The van der Waals surface area contributed by atoms with E-state index in [-0.39, 0.29) is 11.4 Å². The molecule has 2 N–H and O–H groups in total. The predicted molar refractivity (Wildman–Crippen MR) is 94.7 cm³/mol. The van der Waals surface area contributed by atoms with Crippen molar-refractivity contribution in [2.24, 2.45) is 0 Å². The van der Waals surface area contributed by atoms with Crippen LogP contribution >= 0.6 is 0 Å². The molecule has 0 fully saturated rings. The summed E-state index contributed by atoms with van der Waals surface area (Å²) in [6, 6.07) is 7.73. The Hall–Kier alpha value is -2.30. The Morgan fingerprint density at radius 2 is 1.91 bits per heavy atom. The van der Waals surface area contributed by atoms with Crippen molar-refractivity contribution in [2.45, 2.75) is 46.6 Å². The monoisotopic (exact) mass is 317 g/mol. The van der Waals surface area contributed by atoms with Crippen molar-refractivity contribution < 1.29 is 9.21 Å². The fourth-order valence-electron chi connectivity index (χ4n) is 1.75. The Labute approximate surface area is 138 Å². The van der Waals surface area contributed by atoms with Gasteiger partial charge in [-0.3, -0.25) is 4.79 Å². The third kappa shape index (κ3) is 6.14. The summed E-state index contributed by atoms with van der Waals surface area (Å²) in [6.45, 7) is 10.1. The Morgan fingerprint density at radius 1 is 1.26 bits per heavy atom. The standard InChI is InChI=1S/C15H19N3O2.C3H8/c1-15(2,3)18-13(19)11-7-5-6-10(8-11)12-9-17-14(16-4)20-12;1-3-2/h5-9H,1-4H3,(H,16,17)(H,18,19);3H2,1-2H3. The molecule has 0 saturated heterocycles. The molecule has 0 spiro atoms. The van der Waals surface area contributed by atoms with E-state index < -0.39 is 0 Å². The maximum Gasteiger partial charge on any atom is 0.294 e. The Bertz CT molecular complexity index is 627. The molecule has 0 radical (unpaired) electrons. The second-order valence-electron chi connectivity index (χ2n) is 6.27. The van der Waals surface area contributed by atoms with E-state index in [1.54, 1.807) is 25.4 Å². The first-order valence-corrected chi connectivity index (χ1v) is 7.87. The van der Waals surface area contributed by atoms with Gasteiger partial charge in [0.05, 0.1) is 6.20 Å². The van der Waals surface area contributed by atoms with Crippen LogP contribution in [0.4, 0.5) is 6.01 Å². The summed E-state index contributed by atoms with van der Waals surface area (Å²) >= 11 is 0. The number of rotatable bonds is 3. The molecule has 23 heavy (non-hydrogen) atoms. The van der Waals surface area contributed by atoms with Gasteiger partial charge in [0.1, 0.15) is 0 Å². The first-order valence-electron chi connectivity index (χ1n) is 7.87. The lowest BCUT2D eigenvalue weighted by molar-refractivity contribution is 0.0919. The van der Waals surface area contributed by atoms with Crippen molar-refractivity contribution >= 4 is 11.9 Å². The topological polar surface area (TPSA) is 67.2 Å². The Kier molecular flexibility index (Phi) is 6.82. The van der Waals surface area contributed by atoms with Gasteiger partial charge in [-0.2, -0.15) is 0 Å². The zero-order valence-corrected chi connectivity index (χ0v) is 14.9. The molecule has 0 aliphatic carbocycles. The highest BCUT2D eigenvalue weighted by Gasteiger charge is 2.16. The number of aromatic nitrogens is 1. The molecule has 0 atom stereocenters. The number of oxazole rings is 1. The summed E-state index contributed by atoms with van der Waals surface area (Å²) in [7, 11) is 1.74. The number of hydrogen-bond donors (Lipinski definition) is 2. The summed E-state index contributed by atoms with van der Waals surface area (Å²) in [5, 5.41) is 5.76. The number of carbonyl (C=O) groups excluding carboxylic acids is 1. The largest absolute Gasteiger partial charge is 0.424 e. The van der Waals surface area contributed by atoms with Gasteiger partial charge in [0.15, 0.2) is 5.76 Å². The minimum Gasteiger partial charge on any atom is -0.424 e. The van der Waals surface area contributed by atoms with E-state index in [2.05, 4.69) is 29.5 Å². The van der Waals surface area contributed by atoms with Crippen LogP contribution in [0.15, 0.2) is 34.9 Å². The average molecular weight is 317 g/mol. The fourth-order valence-corrected chi connectivity index (χ4v) is 1.75. The van der Waals surface area contributed by atoms with Gasteiger partial charge >= 0.3 is 0 Å². The molecule has 0 aliphatic heterocycles. The molecule has 5 heteroatoms. The summed E-state index contributed by atoms with van der Waals surface area (Å²) in [4.78, 5) is 16.2. The van der Waals surface area contributed by atoms with Crippen molar-refractivity contribution in [3.63, 3.8) is 0 Å². The summed E-state index contributed by atoms with van der Waals surface area (Å²) in [5.41, 5.74) is 1.15. The molecule has 5 nitrogen and oxygen atoms in total. The quantitative estimate of drug-likeness (QED) is 0.884. The van der Waals surface area contributed by atoms with Gasteiger partial charge < -0.3 is 15.1 Å². The molecule has 2 rings (SSSR count). The van der Waals surface area contributed by atoms with Gasteiger partial charge in [0, 0.05) is 23.7 Å². The SMILES string of the molecule is CCC.CNc1ncc(-c2cccc(C(=O)NC(C)(C)C)c2)o1. The average Bonchev–Trinajstić information content (AvgIpc) is 2.95. The van der Waals surface area contributed by atoms with Crippen LogP contribution in [0.2, 0.25) is 0 Å². The van der Waals surface area contributed by atoms with E-state index in [9.17, 15) is 4.79 Å². The summed E-state index contributed by atoms with van der Waals surface area (Å²) < 4.78 is 5.50. The van der Waals surface area contributed by atoms with Crippen LogP contribution in [-0.4, -0.2) is 23.5 Å². The first-order chi connectivity index (χ1) is 10.8. The van der Waals surface area contributed by atoms with Crippen molar-refractivity contribution in [1.82, 2.24) is 10.3 Å². The molecule has 0 bridgehead atoms. The molecule has 0 aliphatic rings. The van der Waals surface area contributed by atoms with Crippen LogP contribution in [-0.2, 0) is 0 Å². The highest BCUT2D eigenvalue weighted by Crippen LogP contribution is 2.23. The molecule has 1 amide bonds. The van der Waals surface area contributed by atoms with Crippen molar-refractivity contribution in [3.8, 4) is 11.3 Å². The first kappa shape index (κ1) is 18.7. The van der Waals surface area contributed by atoms with E-state index >= 15 is 0 Å². The second kappa shape index (κ2) is 8.36. The second-order valence-corrected chi connectivity index (χ2v) is 6.27. The minimum absolute atomic E-state index is 0.104. The molecule has 1 aromatic carbocycles. The molecular formula is C18H27N3O2. The van der Waals surface area contributed by atoms with Crippen LogP contribution in [0.1, 0.15) is 51.4 Å². The normalized spacial score (nSPS) is 10.5. The highest BCUT2D eigenvalue weighted by molar-refractivity contribution is 5.95. The van der Waals surface area contributed by atoms with Crippen molar-refractivity contribution in [2.75, 3.05) is 12.4 Å². The maximum atomic E-state index is 12.1. The van der Waals surface area contributed by atoms with Gasteiger partial charge in [0.2, 0.25) is 0 Å². The lowest BCUT2D eigenvalue weighted by Gasteiger charge is -2.20. The number of nitrogens with one attached hydrogen (secondary N) is 2. The summed E-state index contributed by atoms with van der Waals surface area (Å²) in [5.74, 6) is 0.521. The number of anilines is 1. The molecule has 1 heterocycles. The van der Waals surface area contributed by atoms with E-state index in [0.717, 1.165) is 5.56 Å². The molecular weight excluding hydrogens is 290 g/mol. The third-order valence-electron chi connectivity index (χ3n) is 2.62. The molecule has 0 saturated carbocycles. The number of carbonyl (C=O) groups is 1. The van der Waals surface area contributed by atoms with E-state index in [0.29, 0.717) is 17.3 Å². The Balaban J connectivity index is 0.000000816. The molecule has 126 valence electrons. The van der Waals surface area contributed by atoms with Gasteiger partial charge in [-0.25, -0.2) is 4.98 Å². The smallest absolute Gasteiger partial charge is 0.294 e. The minimum atomic E-state index is -0.265. The summed E-state index contributed by atoms with van der Waals surface area (Å²) in [6.07, 6.45) is 2.88. The lowest BCUT2D eigenvalue weighted by atomic mass is 10.1. The van der Waals surface area contributed by atoms with E-state index in [4.69, 9.17) is 4.42 Å². The lowest BCUT2D eigenvalue weighted by Crippen LogP contribution is -2.40. The zero-order chi connectivity index (χ0) is 17.5. The Morgan fingerprint density at radius 3 is 2.43 bits per heavy atom. The van der Waals surface area contributed by atoms with Crippen LogP contribution in [0.3, 0.4) is 0 Å². The molecule has 0 unspecified atom stereocenters. The van der Waals surface area contributed by atoms with E-state index in [1.165, 1.54) is 6.42 Å². The van der Waals surface area contributed by atoms with Crippen LogP contribution in [0.25, 0.3) is 11.3 Å². The third-order valence-corrected chi connectivity index (χ3v) is 2.62. The van der Waals surface area contributed by atoms with Crippen LogP contribution < -0.4 is 10.6 Å². The van der Waals surface area contributed by atoms with Crippen molar-refractivity contribution in [1.29, 1.82) is 0 Å². The fraction of sp³-hybridized carbons (Fsp3) is 0.444. The molecule has 1 aromatic heterocycles. The molecule has 2 aromatic rings. The van der Waals surface area contributed by atoms with Gasteiger partial charge in [-0.1, -0.05) is 32.4 Å². The van der Waals surface area contributed by atoms with Gasteiger partial charge in [0.25, 0.3) is 11.9 Å². The number of hydrogen-bond acceptors (Lipinski definition) is 4. The van der Waals surface area contributed by atoms with Gasteiger partial charge in [-0.15, -0.1) is 0 Å². The van der Waals surface area contributed by atoms with Crippen LogP contribution in [0, 0.1) is 0 Å². The maximum absolute atomic E-state index is 12.1. The van der Waals surface area contributed by atoms with E-state index in [1.807, 2.05) is 32.9 Å². The van der Waals surface area contributed by atoms with Gasteiger partial charge in [-0.05, 0) is 32.9 Å². The number of amides is 1. The number of nitrogens with zero attached hydrogens (tertiary/aromatic N) is 1. The highest BCUT2D eigenvalue weighted by atomic mass is 16.4. The van der Waals surface area contributed by atoms with Crippen LogP contribution in [0.5, 0.6) is 0 Å². The predicted octanol–water partition coefficient (Wildman–Crippen LogP) is 4.33. The zero-order valence-electron chi connectivity index (χ0n) is 14.9. The van der Waals surface area contributed by atoms with Crippen molar-refractivity contribution in [3.05, 3.63) is 36.0 Å². The number of benzene rings is 1.